The molecule has 3 fully saturated rings. The molecule has 37 heavy (non-hydrogen) atoms. The van der Waals surface area contributed by atoms with E-state index in [9.17, 15) is 0 Å². The lowest BCUT2D eigenvalue weighted by atomic mass is 9.95. The van der Waals surface area contributed by atoms with Gasteiger partial charge in [0.2, 0.25) is 0 Å². The fraction of sp³-hybridized carbons (Fsp3) is 0.419. The number of hydrogen-bond donors (Lipinski definition) is 4. The van der Waals surface area contributed by atoms with Gasteiger partial charge in [-0.15, -0.1) is 0 Å². The van der Waals surface area contributed by atoms with Crippen LogP contribution in [0.25, 0.3) is 33.6 Å². The predicted octanol–water partition coefficient (Wildman–Crippen LogP) is 5.85. The topological polar surface area (TPSA) is 95.4 Å². The van der Waals surface area contributed by atoms with Crippen LogP contribution in [-0.4, -0.2) is 26.0 Å². The number of nitrogens with two attached hydrogens (primary N) is 1. The molecule has 4 aliphatic rings. The van der Waals surface area contributed by atoms with Crippen molar-refractivity contribution >= 4 is 0 Å². The Hall–Kier alpha value is -3.22. The number of hydrogen-bond acceptors (Lipinski definition) is 4. The molecule has 1 saturated heterocycles. The van der Waals surface area contributed by atoms with E-state index in [0.29, 0.717) is 6.04 Å². The van der Waals surface area contributed by atoms with Crippen molar-refractivity contribution in [2.24, 2.45) is 17.6 Å². The predicted molar refractivity (Wildman–Crippen MR) is 146 cm³/mol. The second-order valence-corrected chi connectivity index (χ2v) is 11.8. The fourth-order valence-corrected chi connectivity index (χ4v) is 6.54. The van der Waals surface area contributed by atoms with Gasteiger partial charge >= 0.3 is 0 Å². The highest BCUT2D eigenvalue weighted by Gasteiger charge is 2.47. The number of nitrogens with one attached hydrogen (secondary N) is 3. The largest absolute Gasteiger partial charge is 0.344 e. The van der Waals surface area contributed by atoms with Crippen molar-refractivity contribution in [3.05, 3.63) is 71.6 Å². The Morgan fingerprint density at radius 3 is 2.59 bits per heavy atom. The lowest BCUT2D eigenvalue weighted by molar-refractivity contribution is 0.542. The van der Waals surface area contributed by atoms with Gasteiger partial charge in [-0.1, -0.05) is 55.3 Å². The van der Waals surface area contributed by atoms with Crippen LogP contribution in [0.3, 0.4) is 0 Å². The van der Waals surface area contributed by atoms with E-state index < -0.39 is 0 Å². The Kier molecular flexibility index (Phi) is 4.96. The van der Waals surface area contributed by atoms with Crippen molar-refractivity contribution in [3.63, 3.8) is 0 Å². The number of imidazole rings is 2. The molecule has 2 aromatic heterocycles. The molecular formula is C31H34N6. The highest BCUT2D eigenvalue weighted by Crippen LogP contribution is 2.46. The van der Waals surface area contributed by atoms with Gasteiger partial charge in [0.1, 0.15) is 11.6 Å². The second-order valence-electron chi connectivity index (χ2n) is 11.8. The first-order chi connectivity index (χ1) is 18.2. The van der Waals surface area contributed by atoms with Crippen LogP contribution >= 0.6 is 0 Å². The maximum atomic E-state index is 6.36. The molecular weight excluding hydrogens is 456 g/mol. The lowest BCUT2D eigenvalue weighted by Gasteiger charge is -2.11. The van der Waals surface area contributed by atoms with Crippen molar-refractivity contribution < 1.29 is 0 Å². The summed E-state index contributed by atoms with van der Waals surface area (Å²) in [5.41, 5.74) is 16.2. The monoisotopic (exact) mass is 490 g/mol. The SMILES string of the molecule is NC(CC1CC1)c1ncc(-c2ccc(-c3ccc4c(c3)CCCc3[nH]c(C5CC6CC6N5)nc3-4)cc2)[nH]1. The Labute approximate surface area is 217 Å². The maximum Gasteiger partial charge on any atom is 0.124 e. The minimum absolute atomic E-state index is 0.00579. The van der Waals surface area contributed by atoms with Crippen LogP contribution in [0.4, 0.5) is 0 Å². The van der Waals surface area contributed by atoms with E-state index in [1.807, 2.05) is 6.20 Å². The smallest absolute Gasteiger partial charge is 0.124 e. The summed E-state index contributed by atoms with van der Waals surface area (Å²) in [7, 11) is 0. The first kappa shape index (κ1) is 21.8. The van der Waals surface area contributed by atoms with Crippen LogP contribution in [0.5, 0.6) is 0 Å². The molecule has 5 N–H and O–H groups in total. The number of piperidine rings is 1. The fourth-order valence-electron chi connectivity index (χ4n) is 6.54. The van der Waals surface area contributed by atoms with E-state index in [2.05, 4.69) is 62.7 Å². The van der Waals surface area contributed by atoms with Gasteiger partial charge in [0.15, 0.2) is 0 Å². The van der Waals surface area contributed by atoms with E-state index >= 15 is 0 Å². The van der Waals surface area contributed by atoms with Gasteiger partial charge in [0, 0.05) is 17.3 Å². The van der Waals surface area contributed by atoms with Crippen LogP contribution in [-0.2, 0) is 12.8 Å². The van der Waals surface area contributed by atoms with Crippen LogP contribution in [0.1, 0.15) is 73.5 Å². The molecule has 4 unspecified atom stereocenters. The zero-order chi connectivity index (χ0) is 24.5. The van der Waals surface area contributed by atoms with E-state index in [4.69, 9.17) is 10.7 Å². The molecule has 1 aliphatic heterocycles. The third-order valence-corrected chi connectivity index (χ3v) is 9.00. The molecule has 0 amide bonds. The number of fused-ring (bicyclic) bond motifs is 4. The molecule has 0 bridgehead atoms. The van der Waals surface area contributed by atoms with Gasteiger partial charge in [-0.2, -0.15) is 0 Å². The zero-order valence-corrected chi connectivity index (χ0v) is 21.1. The van der Waals surface area contributed by atoms with Gasteiger partial charge in [0.05, 0.1) is 29.7 Å². The number of aromatic nitrogens is 4. The molecule has 6 nitrogen and oxygen atoms in total. The minimum atomic E-state index is 0.00579. The van der Waals surface area contributed by atoms with Crippen LogP contribution in [0, 0.1) is 11.8 Å². The summed E-state index contributed by atoms with van der Waals surface area (Å²) in [4.78, 5) is 16.9. The normalized spacial score (nSPS) is 24.7. The van der Waals surface area contributed by atoms with Gasteiger partial charge in [-0.25, -0.2) is 9.97 Å². The molecule has 4 aromatic rings. The van der Waals surface area contributed by atoms with Crippen LogP contribution in [0.2, 0.25) is 0 Å². The van der Waals surface area contributed by atoms with Gasteiger partial charge < -0.3 is 21.0 Å². The summed E-state index contributed by atoms with van der Waals surface area (Å²) in [6.45, 7) is 0. The highest BCUT2D eigenvalue weighted by atomic mass is 15.1. The molecule has 2 aromatic carbocycles. The number of benzene rings is 2. The number of H-pyrrole nitrogens is 2. The molecule has 8 rings (SSSR count). The first-order valence-electron chi connectivity index (χ1n) is 14.1. The summed E-state index contributed by atoms with van der Waals surface area (Å²) in [5.74, 6) is 3.70. The number of aromatic amines is 2. The molecule has 0 spiro atoms. The molecule has 0 radical (unpaired) electrons. The average Bonchev–Trinajstić information content (AvgIpc) is 3.72. The Balaban J connectivity index is 1.04. The van der Waals surface area contributed by atoms with E-state index in [0.717, 1.165) is 66.5 Å². The third-order valence-electron chi connectivity index (χ3n) is 9.00. The Morgan fingerprint density at radius 1 is 0.946 bits per heavy atom. The van der Waals surface area contributed by atoms with Crippen molar-refractivity contribution in [2.75, 3.05) is 0 Å². The summed E-state index contributed by atoms with van der Waals surface area (Å²) < 4.78 is 0. The molecule has 3 aliphatic carbocycles. The average molecular weight is 491 g/mol. The van der Waals surface area contributed by atoms with Gasteiger partial charge in [-0.05, 0) is 72.6 Å². The first-order valence-corrected chi connectivity index (χ1v) is 14.1. The third kappa shape index (κ3) is 4.03. The number of nitrogens with zero attached hydrogens (tertiary/aromatic N) is 2. The van der Waals surface area contributed by atoms with E-state index in [-0.39, 0.29) is 6.04 Å². The minimum Gasteiger partial charge on any atom is -0.344 e. The quantitative estimate of drug-likeness (QED) is 0.273. The van der Waals surface area contributed by atoms with Crippen molar-refractivity contribution in [3.8, 4) is 33.6 Å². The van der Waals surface area contributed by atoms with E-state index in [1.165, 1.54) is 59.3 Å². The molecule has 6 heteroatoms. The van der Waals surface area contributed by atoms with Crippen LogP contribution in [0.15, 0.2) is 48.7 Å². The van der Waals surface area contributed by atoms with Gasteiger partial charge in [-0.3, -0.25) is 0 Å². The standard InChI is InChI=1S/C31H34N6/c32-24(12-17-4-5-17)30-33-16-28(36-30)19-8-6-18(7-9-19)20-10-11-23-21(13-20)2-1-3-25-29(23)37-31(35-25)27-15-22-14-26(22)34-27/h6-11,13,16-17,22,24,26-27,34H,1-5,12,14-15,32H2,(H,33,36)(H,35,37). The van der Waals surface area contributed by atoms with Gasteiger partial charge in [0.25, 0.3) is 0 Å². The molecule has 3 heterocycles. The van der Waals surface area contributed by atoms with Crippen molar-refractivity contribution in [1.29, 1.82) is 0 Å². The number of rotatable bonds is 6. The lowest BCUT2D eigenvalue weighted by Crippen LogP contribution is -2.18. The van der Waals surface area contributed by atoms with Crippen molar-refractivity contribution in [1.82, 2.24) is 25.3 Å². The summed E-state index contributed by atoms with van der Waals surface area (Å²) in [6, 6.07) is 16.9. The molecule has 4 atom stereocenters. The second kappa shape index (κ2) is 8.40. The Morgan fingerprint density at radius 2 is 1.78 bits per heavy atom. The summed E-state index contributed by atoms with van der Waals surface area (Å²) in [5, 5.41) is 3.75. The molecule has 2 saturated carbocycles. The maximum absolute atomic E-state index is 6.36. The summed E-state index contributed by atoms with van der Waals surface area (Å²) >= 11 is 0. The highest BCUT2D eigenvalue weighted by molar-refractivity contribution is 5.75. The Bertz CT molecular complexity index is 1450. The summed E-state index contributed by atoms with van der Waals surface area (Å²) in [6.07, 6.45) is 11.5. The van der Waals surface area contributed by atoms with E-state index in [1.54, 1.807) is 0 Å². The van der Waals surface area contributed by atoms with Crippen LogP contribution < -0.4 is 11.1 Å². The van der Waals surface area contributed by atoms with Crippen molar-refractivity contribution in [2.45, 2.75) is 69.5 Å². The zero-order valence-electron chi connectivity index (χ0n) is 21.1. The molecule has 188 valence electrons. The number of aryl methyl sites for hydroxylation is 2.